The van der Waals surface area contributed by atoms with Crippen LogP contribution >= 0.6 is 0 Å². The summed E-state index contributed by atoms with van der Waals surface area (Å²) in [5.74, 6) is 0.260. The van der Waals surface area contributed by atoms with Crippen LogP contribution < -0.4 is 0 Å². The van der Waals surface area contributed by atoms with Gasteiger partial charge in [-0.2, -0.15) is 0 Å². The molecule has 3 atom stereocenters. The molecule has 70 valence electrons. The van der Waals surface area contributed by atoms with E-state index in [0.717, 1.165) is 6.54 Å². The summed E-state index contributed by atoms with van der Waals surface area (Å²) >= 11 is 0. The fourth-order valence-corrected chi connectivity index (χ4v) is 1.86. The molecule has 1 rings (SSSR count). The molecule has 1 aliphatic heterocycles. The Labute approximate surface area is 73.4 Å². The van der Waals surface area contributed by atoms with E-state index in [1.807, 2.05) is 18.7 Å². The zero-order valence-electron chi connectivity index (χ0n) is 7.95. The second-order valence-corrected chi connectivity index (χ2v) is 3.56. The monoisotopic (exact) mass is 171 g/mol. The molecule has 1 amide bonds. The Morgan fingerprint density at radius 2 is 2.25 bits per heavy atom. The Morgan fingerprint density at radius 3 is 2.58 bits per heavy atom. The predicted octanol–water partition coefficient (Wildman–Crippen LogP) is 0.624. The number of amides is 1. The standard InChI is InChI=1S/C9H17NO2/c1-4-10-7(3)8(9(10)12)5-6(2)11/h6-8,11H,4-5H2,1-3H3/t6?,7-,8-/m1/s1. The number of aliphatic hydroxyl groups is 1. The van der Waals surface area contributed by atoms with Crippen molar-refractivity contribution in [3.63, 3.8) is 0 Å². The zero-order chi connectivity index (χ0) is 9.30. The first kappa shape index (κ1) is 9.52. The average molecular weight is 171 g/mol. The topological polar surface area (TPSA) is 40.5 Å². The first-order valence-electron chi connectivity index (χ1n) is 4.56. The van der Waals surface area contributed by atoms with Gasteiger partial charge in [0, 0.05) is 12.6 Å². The minimum atomic E-state index is -0.361. The van der Waals surface area contributed by atoms with E-state index in [9.17, 15) is 4.79 Å². The molecule has 0 aromatic carbocycles. The lowest BCUT2D eigenvalue weighted by Crippen LogP contribution is -2.59. The van der Waals surface area contributed by atoms with Crippen LogP contribution in [-0.4, -0.2) is 34.6 Å². The molecule has 12 heavy (non-hydrogen) atoms. The summed E-state index contributed by atoms with van der Waals surface area (Å²) in [4.78, 5) is 13.2. The second-order valence-electron chi connectivity index (χ2n) is 3.56. The number of aliphatic hydroxyl groups excluding tert-OH is 1. The van der Waals surface area contributed by atoms with Crippen molar-refractivity contribution in [1.82, 2.24) is 4.90 Å². The summed E-state index contributed by atoms with van der Waals surface area (Å²) in [5, 5.41) is 9.11. The maximum absolute atomic E-state index is 11.4. The van der Waals surface area contributed by atoms with E-state index in [1.165, 1.54) is 0 Å². The van der Waals surface area contributed by atoms with Gasteiger partial charge < -0.3 is 10.0 Å². The highest BCUT2D eigenvalue weighted by molar-refractivity contribution is 5.85. The minimum absolute atomic E-state index is 0.0601. The number of likely N-dealkylation sites (tertiary alicyclic amines) is 1. The SMILES string of the molecule is CCN1C(=O)[C@H](CC(C)O)[C@H]1C. The van der Waals surface area contributed by atoms with Gasteiger partial charge in [-0.05, 0) is 27.2 Å². The molecular formula is C9H17NO2. The first-order chi connectivity index (χ1) is 5.57. The largest absolute Gasteiger partial charge is 0.393 e. The Balaban J connectivity index is 2.45. The van der Waals surface area contributed by atoms with E-state index in [2.05, 4.69) is 0 Å². The van der Waals surface area contributed by atoms with E-state index in [-0.39, 0.29) is 17.9 Å². The van der Waals surface area contributed by atoms with Crippen molar-refractivity contribution in [2.24, 2.45) is 5.92 Å². The van der Waals surface area contributed by atoms with Crippen molar-refractivity contribution >= 4 is 5.91 Å². The smallest absolute Gasteiger partial charge is 0.228 e. The lowest BCUT2D eigenvalue weighted by atomic mass is 9.84. The maximum atomic E-state index is 11.4. The van der Waals surface area contributed by atoms with Gasteiger partial charge in [0.25, 0.3) is 0 Å². The molecule has 0 aromatic rings. The van der Waals surface area contributed by atoms with E-state index < -0.39 is 0 Å². The predicted molar refractivity (Wildman–Crippen MR) is 46.6 cm³/mol. The average Bonchev–Trinajstić information content (AvgIpc) is 2.01. The minimum Gasteiger partial charge on any atom is -0.393 e. The summed E-state index contributed by atoms with van der Waals surface area (Å²) < 4.78 is 0. The number of hydrogen-bond acceptors (Lipinski definition) is 2. The Bertz CT molecular complexity index is 179. The van der Waals surface area contributed by atoms with Crippen molar-refractivity contribution in [1.29, 1.82) is 0 Å². The van der Waals surface area contributed by atoms with Crippen LogP contribution in [-0.2, 0) is 4.79 Å². The van der Waals surface area contributed by atoms with E-state index >= 15 is 0 Å². The lowest BCUT2D eigenvalue weighted by molar-refractivity contribution is -0.156. The lowest BCUT2D eigenvalue weighted by Gasteiger charge is -2.45. The fourth-order valence-electron chi connectivity index (χ4n) is 1.86. The van der Waals surface area contributed by atoms with E-state index in [0.29, 0.717) is 12.5 Å². The van der Waals surface area contributed by atoms with E-state index in [1.54, 1.807) is 6.92 Å². The molecule has 0 aromatic heterocycles. The normalized spacial score (nSPS) is 31.7. The number of β-lactam (4-membered cyclic amide) rings is 1. The highest BCUT2D eigenvalue weighted by atomic mass is 16.3. The van der Waals surface area contributed by atoms with Crippen LogP contribution in [0.5, 0.6) is 0 Å². The fraction of sp³-hybridized carbons (Fsp3) is 0.889. The molecule has 1 unspecified atom stereocenters. The number of rotatable bonds is 3. The van der Waals surface area contributed by atoms with Gasteiger partial charge in [-0.25, -0.2) is 0 Å². The van der Waals surface area contributed by atoms with Gasteiger partial charge in [0.1, 0.15) is 0 Å². The van der Waals surface area contributed by atoms with Gasteiger partial charge in [-0.15, -0.1) is 0 Å². The molecule has 0 saturated carbocycles. The van der Waals surface area contributed by atoms with Crippen LogP contribution in [0.3, 0.4) is 0 Å². The summed E-state index contributed by atoms with van der Waals surface area (Å²) in [5.41, 5.74) is 0. The van der Waals surface area contributed by atoms with Crippen LogP contribution in [0.25, 0.3) is 0 Å². The second kappa shape index (κ2) is 3.44. The molecule has 1 saturated heterocycles. The van der Waals surface area contributed by atoms with Gasteiger partial charge in [0.15, 0.2) is 0 Å². The first-order valence-corrected chi connectivity index (χ1v) is 4.56. The molecule has 0 aliphatic carbocycles. The van der Waals surface area contributed by atoms with Crippen molar-refractivity contribution < 1.29 is 9.90 Å². The molecular weight excluding hydrogens is 154 g/mol. The van der Waals surface area contributed by atoms with Gasteiger partial charge in [0.05, 0.1) is 12.0 Å². The molecule has 0 spiro atoms. The van der Waals surface area contributed by atoms with Crippen molar-refractivity contribution in [2.75, 3.05) is 6.54 Å². The van der Waals surface area contributed by atoms with Crippen molar-refractivity contribution in [3.05, 3.63) is 0 Å². The summed E-state index contributed by atoms with van der Waals surface area (Å²) in [6.45, 7) is 6.54. The van der Waals surface area contributed by atoms with Crippen molar-refractivity contribution in [3.8, 4) is 0 Å². The highest BCUT2D eigenvalue weighted by Crippen LogP contribution is 2.29. The highest BCUT2D eigenvalue weighted by Gasteiger charge is 2.43. The van der Waals surface area contributed by atoms with Crippen LogP contribution in [0.4, 0.5) is 0 Å². The summed E-state index contributed by atoms with van der Waals surface area (Å²) in [6, 6.07) is 0.317. The van der Waals surface area contributed by atoms with Gasteiger partial charge in [-0.3, -0.25) is 4.79 Å². The number of carbonyl (C=O) groups is 1. The maximum Gasteiger partial charge on any atom is 0.228 e. The molecule has 3 heteroatoms. The Hall–Kier alpha value is -0.570. The molecule has 1 fully saturated rings. The number of carbonyl (C=O) groups excluding carboxylic acids is 1. The van der Waals surface area contributed by atoms with Crippen molar-refractivity contribution in [2.45, 2.75) is 39.3 Å². The molecule has 1 aliphatic rings. The quantitative estimate of drug-likeness (QED) is 0.632. The molecule has 1 N–H and O–H groups in total. The Morgan fingerprint density at radius 1 is 1.67 bits per heavy atom. The third kappa shape index (κ3) is 1.46. The summed E-state index contributed by atoms with van der Waals surface area (Å²) in [6.07, 6.45) is 0.247. The third-order valence-corrected chi connectivity index (χ3v) is 2.61. The molecule has 0 radical (unpaired) electrons. The van der Waals surface area contributed by atoms with Crippen LogP contribution in [0.15, 0.2) is 0 Å². The van der Waals surface area contributed by atoms with Gasteiger partial charge in [0.2, 0.25) is 5.91 Å². The Kier molecular flexibility index (Phi) is 2.73. The molecule has 1 heterocycles. The van der Waals surface area contributed by atoms with Gasteiger partial charge in [-0.1, -0.05) is 0 Å². The third-order valence-electron chi connectivity index (χ3n) is 2.61. The zero-order valence-corrected chi connectivity index (χ0v) is 7.95. The van der Waals surface area contributed by atoms with Crippen LogP contribution in [0.2, 0.25) is 0 Å². The number of nitrogens with zero attached hydrogens (tertiary/aromatic N) is 1. The number of hydrogen-bond donors (Lipinski definition) is 1. The van der Waals surface area contributed by atoms with Crippen LogP contribution in [0.1, 0.15) is 27.2 Å². The van der Waals surface area contributed by atoms with Crippen LogP contribution in [0, 0.1) is 5.92 Å². The van der Waals surface area contributed by atoms with Gasteiger partial charge >= 0.3 is 0 Å². The van der Waals surface area contributed by atoms with E-state index in [4.69, 9.17) is 5.11 Å². The molecule has 0 bridgehead atoms. The molecule has 3 nitrogen and oxygen atoms in total. The summed E-state index contributed by atoms with van der Waals surface area (Å²) in [7, 11) is 0.